The first-order chi connectivity index (χ1) is 8.26. The SMILES string of the molecule is N#Cc1cc(C2=CCCC=C2F)ccc1ON. The standard InChI is InChI=1S/C13H11FN2O/c14-12-4-2-1-3-11(12)9-5-6-13(17-16)10(7-9)8-15/h3-7H,1-2,16H2. The average molecular weight is 230 g/mol. The van der Waals surface area contributed by atoms with Crippen LogP contribution in [0.1, 0.15) is 24.0 Å². The van der Waals surface area contributed by atoms with Gasteiger partial charge in [-0.05, 0) is 36.6 Å². The molecule has 0 bridgehead atoms. The summed E-state index contributed by atoms with van der Waals surface area (Å²) < 4.78 is 13.6. The first kappa shape index (κ1) is 11.4. The lowest BCUT2D eigenvalue weighted by Gasteiger charge is -2.11. The maximum Gasteiger partial charge on any atom is 0.164 e. The lowest BCUT2D eigenvalue weighted by molar-refractivity contribution is 0.333. The third kappa shape index (κ3) is 2.19. The Hall–Kier alpha value is -2.12. The molecular formula is C13H11FN2O. The molecular weight excluding hydrogens is 219 g/mol. The fraction of sp³-hybridized carbons (Fsp3) is 0.154. The monoisotopic (exact) mass is 230 g/mol. The second kappa shape index (κ2) is 4.81. The van der Waals surface area contributed by atoms with Crippen LogP contribution >= 0.6 is 0 Å². The molecule has 17 heavy (non-hydrogen) atoms. The molecule has 0 saturated heterocycles. The maximum absolute atomic E-state index is 13.6. The van der Waals surface area contributed by atoms with Crippen molar-refractivity contribution >= 4 is 5.57 Å². The van der Waals surface area contributed by atoms with Crippen LogP contribution in [0.4, 0.5) is 4.39 Å². The zero-order chi connectivity index (χ0) is 12.3. The van der Waals surface area contributed by atoms with E-state index in [1.807, 2.05) is 12.1 Å². The molecule has 1 aliphatic rings. The predicted octanol–water partition coefficient (Wildman–Crippen LogP) is 2.84. The molecule has 86 valence electrons. The smallest absolute Gasteiger partial charge is 0.164 e. The van der Waals surface area contributed by atoms with Crippen LogP contribution < -0.4 is 10.7 Å². The van der Waals surface area contributed by atoms with Crippen molar-refractivity contribution in [3.8, 4) is 11.8 Å². The summed E-state index contributed by atoms with van der Waals surface area (Å²) in [6, 6.07) is 6.80. The van der Waals surface area contributed by atoms with Gasteiger partial charge in [0.15, 0.2) is 5.75 Å². The molecule has 0 unspecified atom stereocenters. The fourth-order valence-electron chi connectivity index (χ4n) is 1.79. The van der Waals surface area contributed by atoms with Crippen molar-refractivity contribution in [1.82, 2.24) is 0 Å². The average Bonchev–Trinajstić information content (AvgIpc) is 2.38. The van der Waals surface area contributed by atoms with Crippen LogP contribution in [0, 0.1) is 11.3 Å². The highest BCUT2D eigenvalue weighted by molar-refractivity contribution is 5.78. The second-order valence-corrected chi connectivity index (χ2v) is 3.69. The summed E-state index contributed by atoms with van der Waals surface area (Å²) in [6.07, 6.45) is 4.90. The molecule has 3 nitrogen and oxygen atoms in total. The van der Waals surface area contributed by atoms with Gasteiger partial charge in [0.25, 0.3) is 0 Å². The lowest BCUT2D eigenvalue weighted by Crippen LogP contribution is -2.04. The third-order valence-corrected chi connectivity index (χ3v) is 2.63. The third-order valence-electron chi connectivity index (χ3n) is 2.63. The van der Waals surface area contributed by atoms with Gasteiger partial charge >= 0.3 is 0 Å². The maximum atomic E-state index is 13.6. The first-order valence-corrected chi connectivity index (χ1v) is 5.23. The van der Waals surface area contributed by atoms with Gasteiger partial charge in [-0.1, -0.05) is 12.1 Å². The number of hydrogen-bond acceptors (Lipinski definition) is 3. The number of benzene rings is 1. The number of nitrogens with zero attached hydrogens (tertiary/aromatic N) is 1. The minimum Gasteiger partial charge on any atom is -0.410 e. The summed E-state index contributed by atoms with van der Waals surface area (Å²) in [4.78, 5) is 4.56. The van der Waals surface area contributed by atoms with Gasteiger partial charge in [-0.2, -0.15) is 11.2 Å². The van der Waals surface area contributed by atoms with Gasteiger partial charge in [-0.3, -0.25) is 0 Å². The highest BCUT2D eigenvalue weighted by atomic mass is 19.1. The van der Waals surface area contributed by atoms with Crippen LogP contribution in [-0.2, 0) is 0 Å². The quantitative estimate of drug-likeness (QED) is 0.795. The van der Waals surface area contributed by atoms with Crippen LogP contribution in [0.25, 0.3) is 5.57 Å². The Morgan fingerprint density at radius 1 is 1.29 bits per heavy atom. The van der Waals surface area contributed by atoms with Crippen molar-refractivity contribution in [3.63, 3.8) is 0 Å². The van der Waals surface area contributed by atoms with E-state index in [0.717, 1.165) is 6.42 Å². The van der Waals surface area contributed by atoms with Crippen LogP contribution in [0.3, 0.4) is 0 Å². The topological polar surface area (TPSA) is 59.0 Å². The van der Waals surface area contributed by atoms with Crippen LogP contribution in [-0.4, -0.2) is 0 Å². The van der Waals surface area contributed by atoms with E-state index in [1.165, 1.54) is 0 Å². The van der Waals surface area contributed by atoms with Gasteiger partial charge in [0.05, 0.1) is 5.56 Å². The van der Waals surface area contributed by atoms with E-state index in [-0.39, 0.29) is 11.6 Å². The van der Waals surface area contributed by atoms with Gasteiger partial charge in [0.1, 0.15) is 11.9 Å². The molecule has 0 aliphatic heterocycles. The van der Waals surface area contributed by atoms with Crippen molar-refractivity contribution in [3.05, 3.63) is 47.3 Å². The predicted molar refractivity (Wildman–Crippen MR) is 62.4 cm³/mol. The molecule has 0 heterocycles. The molecule has 2 N–H and O–H groups in total. The van der Waals surface area contributed by atoms with E-state index in [4.69, 9.17) is 11.2 Å². The van der Waals surface area contributed by atoms with Crippen molar-refractivity contribution in [2.24, 2.45) is 5.90 Å². The summed E-state index contributed by atoms with van der Waals surface area (Å²) >= 11 is 0. The lowest BCUT2D eigenvalue weighted by atomic mass is 9.97. The van der Waals surface area contributed by atoms with E-state index in [9.17, 15) is 4.39 Å². The molecule has 0 amide bonds. The number of rotatable bonds is 2. The number of allylic oxidation sites excluding steroid dienone is 4. The largest absolute Gasteiger partial charge is 0.410 e. The molecule has 1 aliphatic carbocycles. The minimum atomic E-state index is -0.249. The number of hydrogen-bond donors (Lipinski definition) is 1. The van der Waals surface area contributed by atoms with Crippen LogP contribution in [0.15, 0.2) is 36.2 Å². The molecule has 0 fully saturated rings. The molecule has 2 rings (SSSR count). The summed E-state index contributed by atoms with van der Waals surface area (Å²) in [5, 5.41) is 8.92. The summed E-state index contributed by atoms with van der Waals surface area (Å²) in [7, 11) is 0. The molecule has 0 radical (unpaired) electrons. The number of halogens is 1. The Balaban J connectivity index is 2.44. The summed E-state index contributed by atoms with van der Waals surface area (Å²) in [5.74, 6) is 5.07. The second-order valence-electron chi connectivity index (χ2n) is 3.69. The van der Waals surface area contributed by atoms with Gasteiger partial charge in [-0.25, -0.2) is 4.39 Å². The summed E-state index contributed by atoms with van der Waals surface area (Å²) in [5.41, 5.74) is 1.48. The van der Waals surface area contributed by atoms with Gasteiger partial charge in [0, 0.05) is 5.57 Å². The number of nitriles is 1. The summed E-state index contributed by atoms with van der Waals surface area (Å²) in [6.45, 7) is 0. The van der Waals surface area contributed by atoms with E-state index in [0.29, 0.717) is 23.1 Å². The molecule has 0 spiro atoms. The van der Waals surface area contributed by atoms with Crippen molar-refractivity contribution in [1.29, 1.82) is 5.26 Å². The Morgan fingerprint density at radius 2 is 2.06 bits per heavy atom. The Kier molecular flexibility index (Phi) is 3.22. The number of nitrogens with two attached hydrogens (primary N) is 1. The van der Waals surface area contributed by atoms with Crippen molar-refractivity contribution in [2.75, 3.05) is 0 Å². The normalized spacial score (nSPS) is 14.6. The van der Waals surface area contributed by atoms with Crippen LogP contribution in [0.5, 0.6) is 5.75 Å². The minimum absolute atomic E-state index is 0.249. The molecule has 0 aromatic heterocycles. The fourth-order valence-corrected chi connectivity index (χ4v) is 1.79. The Morgan fingerprint density at radius 3 is 2.71 bits per heavy atom. The molecule has 1 aromatic carbocycles. The molecule has 1 aromatic rings. The Bertz CT molecular complexity index is 541. The zero-order valence-electron chi connectivity index (χ0n) is 9.11. The van der Waals surface area contributed by atoms with E-state index in [1.54, 1.807) is 24.3 Å². The first-order valence-electron chi connectivity index (χ1n) is 5.23. The van der Waals surface area contributed by atoms with E-state index >= 15 is 0 Å². The molecule has 0 saturated carbocycles. The van der Waals surface area contributed by atoms with Gasteiger partial charge < -0.3 is 4.84 Å². The van der Waals surface area contributed by atoms with E-state index in [2.05, 4.69) is 4.84 Å². The molecule has 4 heteroatoms. The highest BCUT2D eigenvalue weighted by Gasteiger charge is 2.13. The van der Waals surface area contributed by atoms with Crippen molar-refractivity contribution in [2.45, 2.75) is 12.8 Å². The Labute approximate surface area is 98.6 Å². The van der Waals surface area contributed by atoms with E-state index < -0.39 is 0 Å². The molecule has 0 atom stereocenters. The van der Waals surface area contributed by atoms with Crippen LogP contribution in [0.2, 0.25) is 0 Å². The van der Waals surface area contributed by atoms with Crippen molar-refractivity contribution < 1.29 is 9.23 Å². The zero-order valence-corrected chi connectivity index (χ0v) is 9.11. The van der Waals surface area contributed by atoms with Gasteiger partial charge in [0.2, 0.25) is 0 Å². The highest BCUT2D eigenvalue weighted by Crippen LogP contribution is 2.31. The van der Waals surface area contributed by atoms with Gasteiger partial charge in [-0.15, -0.1) is 0 Å².